The fourth-order valence-electron chi connectivity index (χ4n) is 1.34. The van der Waals surface area contributed by atoms with Gasteiger partial charge >= 0.3 is 0 Å². The summed E-state index contributed by atoms with van der Waals surface area (Å²) in [4.78, 5) is 5.31. The van der Waals surface area contributed by atoms with Gasteiger partial charge in [0, 0.05) is 21.2 Å². The zero-order valence-corrected chi connectivity index (χ0v) is 11.3. The zero-order chi connectivity index (χ0) is 10.8. The first-order valence-electron chi connectivity index (χ1n) is 4.49. The molecule has 15 heavy (non-hydrogen) atoms. The van der Waals surface area contributed by atoms with Crippen LogP contribution < -0.4 is 0 Å². The number of rotatable bonds is 3. The van der Waals surface area contributed by atoms with Crippen LogP contribution in [0.3, 0.4) is 0 Å². The molecule has 1 N–H and O–H groups in total. The van der Waals surface area contributed by atoms with Crippen molar-refractivity contribution in [3.05, 3.63) is 36.9 Å². The van der Waals surface area contributed by atoms with Gasteiger partial charge in [-0.2, -0.15) is 0 Å². The van der Waals surface area contributed by atoms with Gasteiger partial charge in [-0.15, -0.1) is 22.7 Å². The molecule has 1 unspecified atom stereocenters. The average molecular weight is 304 g/mol. The summed E-state index contributed by atoms with van der Waals surface area (Å²) in [5, 5.41) is 15.0. The van der Waals surface area contributed by atoms with Gasteiger partial charge in [-0.25, -0.2) is 4.98 Å². The molecule has 2 heterocycles. The molecule has 0 aliphatic rings. The van der Waals surface area contributed by atoms with Crippen LogP contribution in [0.15, 0.2) is 21.3 Å². The summed E-state index contributed by atoms with van der Waals surface area (Å²) in [5.74, 6) is 0. The van der Waals surface area contributed by atoms with Crippen molar-refractivity contribution in [1.82, 2.24) is 4.98 Å². The van der Waals surface area contributed by atoms with Gasteiger partial charge in [-0.05, 0) is 34.3 Å². The molecule has 0 bridgehead atoms. The van der Waals surface area contributed by atoms with Crippen molar-refractivity contribution in [3.8, 4) is 0 Å². The number of hydrogen-bond donors (Lipinski definition) is 1. The Balaban J connectivity index is 2.10. The molecule has 0 aromatic carbocycles. The highest BCUT2D eigenvalue weighted by Gasteiger charge is 2.14. The summed E-state index contributed by atoms with van der Waals surface area (Å²) >= 11 is 6.60. The highest BCUT2D eigenvalue weighted by atomic mass is 79.9. The van der Waals surface area contributed by atoms with Crippen LogP contribution >= 0.6 is 38.6 Å². The standard InChI is InChI=1S/C10H10BrNOS2/c1-6-12-7(5-15-6)4-9(13)10-8(11)2-3-14-10/h2-3,5,9,13H,4H2,1H3. The molecule has 2 nitrogen and oxygen atoms in total. The Morgan fingerprint density at radius 2 is 2.33 bits per heavy atom. The number of nitrogens with zero attached hydrogens (tertiary/aromatic N) is 1. The molecular weight excluding hydrogens is 294 g/mol. The van der Waals surface area contributed by atoms with Crippen LogP contribution in [-0.4, -0.2) is 10.1 Å². The summed E-state index contributed by atoms with van der Waals surface area (Å²) < 4.78 is 0.979. The van der Waals surface area contributed by atoms with Crippen LogP contribution in [0.2, 0.25) is 0 Å². The second kappa shape index (κ2) is 4.74. The number of hydrogen-bond acceptors (Lipinski definition) is 4. The first-order valence-corrected chi connectivity index (χ1v) is 7.04. The van der Waals surface area contributed by atoms with Crippen LogP contribution in [0.5, 0.6) is 0 Å². The molecule has 0 fully saturated rings. The van der Waals surface area contributed by atoms with E-state index in [4.69, 9.17) is 0 Å². The fraction of sp³-hybridized carbons (Fsp3) is 0.300. The highest BCUT2D eigenvalue weighted by Crippen LogP contribution is 2.31. The lowest BCUT2D eigenvalue weighted by atomic mass is 10.2. The zero-order valence-electron chi connectivity index (χ0n) is 8.11. The Hall–Kier alpha value is -0.230. The van der Waals surface area contributed by atoms with Gasteiger partial charge < -0.3 is 5.11 Å². The van der Waals surface area contributed by atoms with E-state index in [1.807, 2.05) is 23.8 Å². The summed E-state index contributed by atoms with van der Waals surface area (Å²) in [6, 6.07) is 1.95. The number of halogens is 1. The largest absolute Gasteiger partial charge is 0.387 e. The summed E-state index contributed by atoms with van der Waals surface area (Å²) in [7, 11) is 0. The summed E-state index contributed by atoms with van der Waals surface area (Å²) in [6.07, 6.45) is 0.129. The molecule has 0 amide bonds. The molecule has 80 valence electrons. The van der Waals surface area contributed by atoms with Crippen molar-refractivity contribution in [2.45, 2.75) is 19.4 Å². The fourth-order valence-corrected chi connectivity index (χ4v) is 3.58. The molecule has 2 aromatic rings. The van der Waals surface area contributed by atoms with Crippen LogP contribution in [0.25, 0.3) is 0 Å². The number of thiazole rings is 1. The van der Waals surface area contributed by atoms with E-state index in [1.54, 1.807) is 22.7 Å². The number of aliphatic hydroxyl groups excluding tert-OH is 1. The molecule has 2 rings (SSSR count). The Bertz CT molecular complexity index is 452. The predicted molar refractivity (Wildman–Crippen MR) is 67.5 cm³/mol. The second-order valence-electron chi connectivity index (χ2n) is 3.21. The normalized spacial score (nSPS) is 13.0. The van der Waals surface area contributed by atoms with Crippen molar-refractivity contribution in [2.24, 2.45) is 0 Å². The van der Waals surface area contributed by atoms with Crippen LogP contribution in [0.1, 0.15) is 21.7 Å². The van der Waals surface area contributed by atoms with Gasteiger partial charge in [0.2, 0.25) is 0 Å². The smallest absolute Gasteiger partial charge is 0.0948 e. The Morgan fingerprint density at radius 1 is 1.53 bits per heavy atom. The van der Waals surface area contributed by atoms with Crippen molar-refractivity contribution in [2.75, 3.05) is 0 Å². The van der Waals surface area contributed by atoms with Crippen molar-refractivity contribution >= 4 is 38.6 Å². The van der Waals surface area contributed by atoms with Crippen LogP contribution in [-0.2, 0) is 6.42 Å². The third-order valence-electron chi connectivity index (χ3n) is 2.02. The minimum absolute atomic E-state index is 0.458. The van der Waals surface area contributed by atoms with Crippen LogP contribution in [0, 0.1) is 6.92 Å². The molecule has 0 radical (unpaired) electrons. The molecule has 2 aromatic heterocycles. The quantitative estimate of drug-likeness (QED) is 0.940. The summed E-state index contributed by atoms with van der Waals surface area (Å²) in [5.41, 5.74) is 0.963. The van der Waals surface area contributed by atoms with E-state index in [1.165, 1.54) is 0 Å². The Kier molecular flexibility index (Phi) is 3.56. The predicted octanol–water partition coefficient (Wildman–Crippen LogP) is 3.55. The van der Waals surface area contributed by atoms with E-state index < -0.39 is 6.10 Å². The van der Waals surface area contributed by atoms with E-state index in [-0.39, 0.29) is 0 Å². The van der Waals surface area contributed by atoms with E-state index in [2.05, 4.69) is 20.9 Å². The average Bonchev–Trinajstić information content (AvgIpc) is 2.75. The third kappa shape index (κ3) is 2.66. The van der Waals surface area contributed by atoms with E-state index in [9.17, 15) is 5.11 Å². The lowest BCUT2D eigenvalue weighted by Crippen LogP contribution is -2.00. The van der Waals surface area contributed by atoms with Gasteiger partial charge in [0.25, 0.3) is 0 Å². The molecule has 0 saturated heterocycles. The molecule has 0 saturated carbocycles. The highest BCUT2D eigenvalue weighted by molar-refractivity contribution is 9.10. The lowest BCUT2D eigenvalue weighted by Gasteiger charge is -2.06. The van der Waals surface area contributed by atoms with Gasteiger partial charge in [0.05, 0.1) is 16.8 Å². The van der Waals surface area contributed by atoms with Gasteiger partial charge in [-0.1, -0.05) is 0 Å². The molecule has 0 spiro atoms. The van der Waals surface area contributed by atoms with E-state index in [0.717, 1.165) is 20.1 Å². The van der Waals surface area contributed by atoms with Crippen molar-refractivity contribution in [3.63, 3.8) is 0 Å². The van der Waals surface area contributed by atoms with Gasteiger partial charge in [-0.3, -0.25) is 0 Å². The lowest BCUT2D eigenvalue weighted by molar-refractivity contribution is 0.180. The maximum absolute atomic E-state index is 10.00. The Morgan fingerprint density at radius 3 is 2.87 bits per heavy atom. The van der Waals surface area contributed by atoms with Gasteiger partial charge in [0.15, 0.2) is 0 Å². The monoisotopic (exact) mass is 303 g/mol. The molecule has 1 atom stereocenters. The van der Waals surface area contributed by atoms with Gasteiger partial charge in [0.1, 0.15) is 0 Å². The minimum Gasteiger partial charge on any atom is -0.387 e. The van der Waals surface area contributed by atoms with E-state index in [0.29, 0.717) is 6.42 Å². The SMILES string of the molecule is Cc1nc(CC(O)c2sccc2Br)cs1. The first kappa shape index (κ1) is 11.3. The topological polar surface area (TPSA) is 33.1 Å². The molecule has 0 aliphatic heterocycles. The maximum Gasteiger partial charge on any atom is 0.0948 e. The van der Waals surface area contributed by atoms with Crippen molar-refractivity contribution in [1.29, 1.82) is 0 Å². The molecular formula is C10H10BrNOS2. The molecule has 5 heteroatoms. The van der Waals surface area contributed by atoms with Crippen molar-refractivity contribution < 1.29 is 5.11 Å². The number of aryl methyl sites for hydroxylation is 1. The van der Waals surface area contributed by atoms with E-state index >= 15 is 0 Å². The Labute approximate surface area is 105 Å². The first-order chi connectivity index (χ1) is 7.16. The second-order valence-corrected chi connectivity index (χ2v) is 6.07. The third-order valence-corrected chi connectivity index (χ3v) is 4.81. The molecule has 0 aliphatic carbocycles. The maximum atomic E-state index is 10.00. The number of aromatic nitrogens is 1. The van der Waals surface area contributed by atoms with Crippen LogP contribution in [0.4, 0.5) is 0 Å². The number of aliphatic hydroxyl groups is 1. The summed E-state index contributed by atoms with van der Waals surface area (Å²) in [6.45, 7) is 1.97. The minimum atomic E-state index is -0.458. The number of thiophene rings is 1.